The Morgan fingerprint density at radius 1 is 1.41 bits per heavy atom. The van der Waals surface area contributed by atoms with Gasteiger partial charge in [-0.25, -0.2) is 4.79 Å². The zero-order valence-electron chi connectivity index (χ0n) is 9.92. The zero-order valence-corrected chi connectivity index (χ0v) is 10.7. The average molecular weight is 260 g/mol. The Bertz CT molecular complexity index is 353. The van der Waals surface area contributed by atoms with Crippen molar-refractivity contribution in [3.05, 3.63) is 35.4 Å². The molecule has 0 amide bonds. The molecule has 0 aliphatic carbocycles. The van der Waals surface area contributed by atoms with E-state index >= 15 is 0 Å². The minimum Gasteiger partial charge on any atom is -0.465 e. The van der Waals surface area contributed by atoms with E-state index in [0.717, 1.165) is 5.56 Å². The Balaban J connectivity index is 0.00000256. The van der Waals surface area contributed by atoms with Crippen molar-refractivity contribution in [1.82, 2.24) is 0 Å². The van der Waals surface area contributed by atoms with Crippen LogP contribution < -0.4 is 5.73 Å². The predicted octanol–water partition coefficient (Wildman–Crippen LogP) is 1.67. The number of methoxy groups -OCH3 is 1. The van der Waals surface area contributed by atoms with Crippen LogP contribution in [0.2, 0.25) is 0 Å². The highest BCUT2D eigenvalue weighted by Crippen LogP contribution is 2.17. The lowest BCUT2D eigenvalue weighted by Crippen LogP contribution is -2.25. The highest BCUT2D eigenvalue weighted by molar-refractivity contribution is 5.89. The van der Waals surface area contributed by atoms with Crippen molar-refractivity contribution < 1.29 is 14.6 Å². The van der Waals surface area contributed by atoms with Crippen molar-refractivity contribution in [2.75, 3.05) is 7.11 Å². The lowest BCUT2D eigenvalue weighted by atomic mass is 9.99. The van der Waals surface area contributed by atoms with Gasteiger partial charge in [0.2, 0.25) is 0 Å². The quantitative estimate of drug-likeness (QED) is 0.807. The molecular formula is C12H18ClNO3. The van der Waals surface area contributed by atoms with E-state index in [2.05, 4.69) is 4.74 Å². The minimum absolute atomic E-state index is 0. The maximum Gasteiger partial charge on any atom is 0.337 e. The Morgan fingerprint density at radius 3 is 2.35 bits per heavy atom. The third-order valence-electron chi connectivity index (χ3n) is 2.55. The topological polar surface area (TPSA) is 72.5 Å². The second kappa shape index (κ2) is 7.27. The van der Waals surface area contributed by atoms with E-state index in [-0.39, 0.29) is 18.4 Å². The van der Waals surface area contributed by atoms with Crippen molar-refractivity contribution >= 4 is 18.4 Å². The number of carbonyl (C=O) groups excluding carboxylic acids is 1. The normalized spacial score (nSPS) is 13.4. The molecule has 0 saturated carbocycles. The van der Waals surface area contributed by atoms with Gasteiger partial charge in [0.05, 0.1) is 24.8 Å². The van der Waals surface area contributed by atoms with Crippen LogP contribution in [0, 0.1) is 0 Å². The van der Waals surface area contributed by atoms with Gasteiger partial charge >= 0.3 is 5.97 Å². The minimum atomic E-state index is -0.566. The van der Waals surface area contributed by atoms with Gasteiger partial charge in [0.15, 0.2) is 0 Å². The number of ether oxygens (including phenoxy) is 1. The standard InChI is InChI=1S/C12H17NO3.ClH/c1-3-10(14)11(13)8-4-6-9(7-5-8)12(15)16-2;/h4-7,10-11,14H,3,13H2,1-2H3;1H/t10-,11+;/m0./s1. The van der Waals surface area contributed by atoms with Crippen LogP contribution >= 0.6 is 12.4 Å². The fourth-order valence-corrected chi connectivity index (χ4v) is 1.44. The largest absolute Gasteiger partial charge is 0.465 e. The summed E-state index contributed by atoms with van der Waals surface area (Å²) in [5.41, 5.74) is 7.13. The van der Waals surface area contributed by atoms with Gasteiger partial charge in [-0.05, 0) is 24.1 Å². The molecule has 0 unspecified atom stereocenters. The number of nitrogens with two attached hydrogens (primary N) is 1. The summed E-state index contributed by atoms with van der Waals surface area (Å²) in [5, 5.41) is 9.59. The summed E-state index contributed by atoms with van der Waals surface area (Å²) in [5.74, 6) is -0.379. The number of aliphatic hydroxyl groups excluding tert-OH is 1. The second-order valence-electron chi connectivity index (χ2n) is 3.61. The number of esters is 1. The molecule has 5 heteroatoms. The van der Waals surface area contributed by atoms with E-state index < -0.39 is 12.1 Å². The highest BCUT2D eigenvalue weighted by Gasteiger charge is 2.15. The van der Waals surface area contributed by atoms with Crippen LogP contribution in [-0.2, 0) is 4.74 Å². The number of carbonyl (C=O) groups is 1. The first kappa shape index (κ1) is 15.9. The first-order valence-corrected chi connectivity index (χ1v) is 5.22. The number of rotatable bonds is 4. The van der Waals surface area contributed by atoms with Gasteiger partial charge in [0, 0.05) is 0 Å². The fraction of sp³-hybridized carbons (Fsp3) is 0.417. The smallest absolute Gasteiger partial charge is 0.337 e. The molecule has 0 aliphatic rings. The Kier molecular flexibility index (Phi) is 6.80. The van der Waals surface area contributed by atoms with E-state index in [1.807, 2.05) is 6.92 Å². The van der Waals surface area contributed by atoms with E-state index in [4.69, 9.17) is 5.73 Å². The summed E-state index contributed by atoms with van der Waals surface area (Å²) in [6, 6.07) is 6.33. The lowest BCUT2D eigenvalue weighted by molar-refractivity contribution is 0.0600. The molecule has 3 N–H and O–H groups in total. The molecule has 0 spiro atoms. The molecule has 4 nitrogen and oxygen atoms in total. The van der Waals surface area contributed by atoms with Gasteiger partial charge in [-0.15, -0.1) is 12.4 Å². The first-order chi connectivity index (χ1) is 7.60. The Morgan fingerprint density at radius 2 is 1.94 bits per heavy atom. The van der Waals surface area contributed by atoms with Gasteiger partial charge in [0.1, 0.15) is 0 Å². The van der Waals surface area contributed by atoms with Crippen LogP contribution in [0.5, 0.6) is 0 Å². The molecule has 0 aliphatic heterocycles. The summed E-state index contributed by atoms with van der Waals surface area (Å²) in [6.07, 6.45) is 0.0314. The van der Waals surface area contributed by atoms with E-state index in [1.54, 1.807) is 24.3 Å². The third kappa shape index (κ3) is 4.00. The highest BCUT2D eigenvalue weighted by atomic mass is 35.5. The van der Waals surface area contributed by atoms with Crippen LogP contribution in [0.15, 0.2) is 24.3 Å². The van der Waals surface area contributed by atoms with Crippen LogP contribution in [0.4, 0.5) is 0 Å². The van der Waals surface area contributed by atoms with Crippen molar-refractivity contribution in [2.24, 2.45) is 5.73 Å². The van der Waals surface area contributed by atoms with Crippen molar-refractivity contribution in [1.29, 1.82) is 0 Å². The number of benzene rings is 1. The summed E-state index contributed by atoms with van der Waals surface area (Å²) in [6.45, 7) is 1.87. The summed E-state index contributed by atoms with van der Waals surface area (Å²) in [4.78, 5) is 11.2. The summed E-state index contributed by atoms with van der Waals surface area (Å²) in [7, 11) is 1.34. The zero-order chi connectivity index (χ0) is 12.1. The molecule has 96 valence electrons. The molecular weight excluding hydrogens is 242 g/mol. The maximum absolute atomic E-state index is 11.2. The first-order valence-electron chi connectivity index (χ1n) is 5.22. The van der Waals surface area contributed by atoms with Crippen LogP contribution in [-0.4, -0.2) is 24.3 Å². The molecule has 0 aromatic heterocycles. The van der Waals surface area contributed by atoms with E-state index in [0.29, 0.717) is 12.0 Å². The molecule has 1 rings (SSSR count). The van der Waals surface area contributed by atoms with E-state index in [1.165, 1.54) is 7.11 Å². The molecule has 0 bridgehead atoms. The number of hydrogen-bond acceptors (Lipinski definition) is 4. The number of halogens is 1. The monoisotopic (exact) mass is 259 g/mol. The van der Waals surface area contributed by atoms with Crippen molar-refractivity contribution in [3.8, 4) is 0 Å². The lowest BCUT2D eigenvalue weighted by Gasteiger charge is -2.17. The SMILES string of the molecule is CC[C@H](O)[C@H](N)c1ccc(C(=O)OC)cc1.Cl. The number of hydrogen-bond donors (Lipinski definition) is 2. The number of aliphatic hydroxyl groups is 1. The fourth-order valence-electron chi connectivity index (χ4n) is 1.44. The van der Waals surface area contributed by atoms with Crippen LogP contribution in [0.25, 0.3) is 0 Å². The molecule has 17 heavy (non-hydrogen) atoms. The molecule has 0 heterocycles. The van der Waals surface area contributed by atoms with Gasteiger partial charge in [0.25, 0.3) is 0 Å². The van der Waals surface area contributed by atoms with Crippen molar-refractivity contribution in [2.45, 2.75) is 25.5 Å². The summed E-state index contributed by atoms with van der Waals surface area (Å²) < 4.78 is 4.59. The van der Waals surface area contributed by atoms with Crippen molar-refractivity contribution in [3.63, 3.8) is 0 Å². The molecule has 0 radical (unpaired) electrons. The third-order valence-corrected chi connectivity index (χ3v) is 2.55. The Hall–Kier alpha value is -1.10. The summed E-state index contributed by atoms with van der Waals surface area (Å²) >= 11 is 0. The van der Waals surface area contributed by atoms with Crippen LogP contribution in [0.3, 0.4) is 0 Å². The van der Waals surface area contributed by atoms with Crippen LogP contribution in [0.1, 0.15) is 35.3 Å². The maximum atomic E-state index is 11.2. The second-order valence-corrected chi connectivity index (χ2v) is 3.61. The van der Waals surface area contributed by atoms with Gasteiger partial charge in [-0.3, -0.25) is 0 Å². The molecule has 1 aromatic rings. The molecule has 2 atom stereocenters. The molecule has 0 fully saturated rings. The van der Waals surface area contributed by atoms with Gasteiger partial charge in [-0.1, -0.05) is 19.1 Å². The average Bonchev–Trinajstić information content (AvgIpc) is 2.36. The van der Waals surface area contributed by atoms with E-state index in [9.17, 15) is 9.90 Å². The Labute approximate surface area is 107 Å². The molecule has 1 aromatic carbocycles. The van der Waals surface area contributed by atoms with Gasteiger partial charge in [-0.2, -0.15) is 0 Å². The predicted molar refractivity (Wildman–Crippen MR) is 68.3 cm³/mol. The van der Waals surface area contributed by atoms with Gasteiger partial charge < -0.3 is 15.6 Å². The molecule has 0 saturated heterocycles.